The number of hydrogen-bond acceptors (Lipinski definition) is 4. The van der Waals surface area contributed by atoms with Gasteiger partial charge in [0.2, 0.25) is 5.91 Å². The van der Waals surface area contributed by atoms with Crippen LogP contribution < -0.4 is 15.4 Å². The first kappa shape index (κ1) is 20.8. The molecule has 0 aliphatic heterocycles. The molecular formula is C22H30N2O3. The van der Waals surface area contributed by atoms with E-state index in [1.807, 2.05) is 55.5 Å². The van der Waals surface area contributed by atoms with Crippen molar-refractivity contribution in [2.45, 2.75) is 39.2 Å². The summed E-state index contributed by atoms with van der Waals surface area (Å²) in [7, 11) is 1.63. The summed E-state index contributed by atoms with van der Waals surface area (Å²) in [6.45, 7) is 9.28. The van der Waals surface area contributed by atoms with E-state index in [-0.39, 0.29) is 11.3 Å². The number of carbonyl (C=O) groups is 1. The lowest BCUT2D eigenvalue weighted by Gasteiger charge is -2.20. The number of methoxy groups -OCH3 is 1. The van der Waals surface area contributed by atoms with Gasteiger partial charge in [0.05, 0.1) is 12.3 Å². The summed E-state index contributed by atoms with van der Waals surface area (Å²) < 4.78 is 10.7. The zero-order chi connectivity index (χ0) is 19.9. The van der Waals surface area contributed by atoms with Crippen molar-refractivity contribution in [3.8, 4) is 5.75 Å². The lowest BCUT2D eigenvalue weighted by Crippen LogP contribution is -2.32. The molecule has 0 radical (unpaired) electrons. The molecule has 146 valence electrons. The van der Waals surface area contributed by atoms with Crippen molar-refractivity contribution in [1.29, 1.82) is 0 Å². The van der Waals surface area contributed by atoms with E-state index in [1.165, 1.54) is 5.56 Å². The molecular weight excluding hydrogens is 340 g/mol. The zero-order valence-corrected chi connectivity index (χ0v) is 16.8. The van der Waals surface area contributed by atoms with E-state index in [2.05, 4.69) is 31.4 Å². The van der Waals surface area contributed by atoms with Crippen LogP contribution in [0, 0.1) is 0 Å². The molecule has 2 aromatic rings. The molecule has 5 nitrogen and oxygen atoms in total. The maximum Gasteiger partial charge on any atom is 0.246 e. The third-order valence-electron chi connectivity index (χ3n) is 4.22. The number of ether oxygens (including phenoxy) is 2. The molecule has 0 bridgehead atoms. The third-order valence-corrected chi connectivity index (χ3v) is 4.22. The average Bonchev–Trinajstić information content (AvgIpc) is 2.63. The highest BCUT2D eigenvalue weighted by Crippen LogP contribution is 2.25. The van der Waals surface area contributed by atoms with Gasteiger partial charge < -0.3 is 20.1 Å². The Morgan fingerprint density at radius 2 is 1.70 bits per heavy atom. The monoisotopic (exact) mass is 370 g/mol. The Kier molecular flexibility index (Phi) is 7.25. The fourth-order valence-corrected chi connectivity index (χ4v) is 2.55. The van der Waals surface area contributed by atoms with Gasteiger partial charge in [0.15, 0.2) is 0 Å². The van der Waals surface area contributed by atoms with Gasteiger partial charge in [0, 0.05) is 12.8 Å². The molecule has 1 atom stereocenters. The van der Waals surface area contributed by atoms with Crippen molar-refractivity contribution in [1.82, 2.24) is 0 Å². The Balaban J connectivity index is 1.98. The van der Waals surface area contributed by atoms with E-state index in [1.54, 1.807) is 7.11 Å². The van der Waals surface area contributed by atoms with E-state index < -0.39 is 6.04 Å². The van der Waals surface area contributed by atoms with Crippen LogP contribution in [0.4, 0.5) is 11.4 Å². The summed E-state index contributed by atoms with van der Waals surface area (Å²) in [5, 5.41) is 6.17. The maximum absolute atomic E-state index is 12.5. The quantitative estimate of drug-likeness (QED) is 0.674. The standard InChI is InChI=1S/C22H30N2O3/c1-16(23-19-8-6-7-9-20(19)27-15-14-26-5)21(25)24-18-12-10-17(11-13-18)22(2,3)4/h6-13,16,23H,14-15H2,1-5H3,(H,24,25). The number of anilines is 2. The highest BCUT2D eigenvalue weighted by Gasteiger charge is 2.16. The van der Waals surface area contributed by atoms with E-state index in [0.717, 1.165) is 11.4 Å². The molecule has 0 fully saturated rings. The Bertz CT molecular complexity index is 736. The van der Waals surface area contributed by atoms with Crippen molar-refractivity contribution in [2.75, 3.05) is 31.0 Å². The summed E-state index contributed by atoms with van der Waals surface area (Å²) in [6.07, 6.45) is 0. The second-order valence-electron chi connectivity index (χ2n) is 7.52. The molecule has 2 rings (SSSR count). The molecule has 0 spiro atoms. The first-order valence-electron chi connectivity index (χ1n) is 9.20. The molecule has 1 unspecified atom stereocenters. The van der Waals surface area contributed by atoms with Gasteiger partial charge >= 0.3 is 0 Å². The van der Waals surface area contributed by atoms with Crippen LogP contribution in [-0.4, -0.2) is 32.3 Å². The van der Waals surface area contributed by atoms with Crippen molar-refractivity contribution in [3.05, 3.63) is 54.1 Å². The van der Waals surface area contributed by atoms with Crippen LogP contribution in [-0.2, 0) is 14.9 Å². The van der Waals surface area contributed by atoms with Gasteiger partial charge in [-0.25, -0.2) is 0 Å². The molecule has 0 aliphatic carbocycles. The highest BCUT2D eigenvalue weighted by molar-refractivity contribution is 5.96. The van der Waals surface area contributed by atoms with Gasteiger partial charge in [-0.05, 0) is 42.2 Å². The van der Waals surface area contributed by atoms with Crippen LogP contribution in [0.3, 0.4) is 0 Å². The molecule has 0 saturated carbocycles. The SMILES string of the molecule is COCCOc1ccccc1NC(C)C(=O)Nc1ccc(C(C)(C)C)cc1. The number of nitrogens with one attached hydrogen (secondary N) is 2. The summed E-state index contributed by atoms with van der Waals surface area (Å²) in [5.41, 5.74) is 2.88. The Morgan fingerprint density at radius 3 is 2.33 bits per heavy atom. The molecule has 0 aromatic heterocycles. The Hall–Kier alpha value is -2.53. The first-order chi connectivity index (χ1) is 12.8. The summed E-state index contributed by atoms with van der Waals surface area (Å²) in [6, 6.07) is 15.1. The van der Waals surface area contributed by atoms with Crippen LogP contribution in [0.5, 0.6) is 5.75 Å². The second-order valence-corrected chi connectivity index (χ2v) is 7.52. The maximum atomic E-state index is 12.5. The average molecular weight is 370 g/mol. The molecule has 1 amide bonds. The molecule has 2 N–H and O–H groups in total. The minimum atomic E-state index is -0.417. The van der Waals surface area contributed by atoms with E-state index >= 15 is 0 Å². The Morgan fingerprint density at radius 1 is 1.04 bits per heavy atom. The van der Waals surface area contributed by atoms with Gasteiger partial charge in [-0.2, -0.15) is 0 Å². The van der Waals surface area contributed by atoms with Gasteiger partial charge in [-0.15, -0.1) is 0 Å². The van der Waals surface area contributed by atoms with E-state index in [9.17, 15) is 4.79 Å². The minimum Gasteiger partial charge on any atom is -0.489 e. The molecule has 27 heavy (non-hydrogen) atoms. The number of carbonyl (C=O) groups excluding carboxylic acids is 1. The van der Waals surface area contributed by atoms with Gasteiger partial charge in [0.1, 0.15) is 18.4 Å². The highest BCUT2D eigenvalue weighted by atomic mass is 16.5. The lowest BCUT2D eigenvalue weighted by molar-refractivity contribution is -0.116. The third kappa shape index (κ3) is 6.29. The van der Waals surface area contributed by atoms with Crippen LogP contribution in [0.2, 0.25) is 0 Å². The number of benzene rings is 2. The smallest absolute Gasteiger partial charge is 0.246 e. The summed E-state index contributed by atoms with van der Waals surface area (Å²) in [5.74, 6) is 0.592. The molecule has 0 aliphatic rings. The number of hydrogen-bond donors (Lipinski definition) is 2. The molecule has 2 aromatic carbocycles. The topological polar surface area (TPSA) is 59.6 Å². The van der Waals surface area contributed by atoms with E-state index in [0.29, 0.717) is 19.0 Å². The minimum absolute atomic E-state index is 0.0872. The van der Waals surface area contributed by atoms with Crippen LogP contribution in [0.25, 0.3) is 0 Å². The van der Waals surface area contributed by atoms with E-state index in [4.69, 9.17) is 9.47 Å². The van der Waals surface area contributed by atoms with Crippen LogP contribution in [0.15, 0.2) is 48.5 Å². The normalized spacial score (nSPS) is 12.3. The summed E-state index contributed by atoms with van der Waals surface area (Å²) >= 11 is 0. The van der Waals surface area contributed by atoms with Gasteiger partial charge in [-0.1, -0.05) is 45.0 Å². The lowest BCUT2D eigenvalue weighted by atomic mass is 9.87. The van der Waals surface area contributed by atoms with Gasteiger partial charge in [0.25, 0.3) is 0 Å². The second kappa shape index (κ2) is 9.42. The Labute approximate surface area is 162 Å². The number of rotatable bonds is 8. The number of amides is 1. The van der Waals surface area contributed by atoms with Crippen molar-refractivity contribution in [2.24, 2.45) is 0 Å². The fraction of sp³-hybridized carbons (Fsp3) is 0.409. The van der Waals surface area contributed by atoms with Gasteiger partial charge in [-0.3, -0.25) is 4.79 Å². The molecule has 5 heteroatoms. The van der Waals surface area contributed by atoms with Crippen molar-refractivity contribution >= 4 is 17.3 Å². The van der Waals surface area contributed by atoms with Crippen molar-refractivity contribution in [3.63, 3.8) is 0 Å². The predicted octanol–water partition coefficient (Wildman–Crippen LogP) is 4.45. The summed E-state index contributed by atoms with van der Waals surface area (Å²) in [4.78, 5) is 12.5. The predicted molar refractivity (Wildman–Crippen MR) is 111 cm³/mol. The number of para-hydroxylation sites is 2. The zero-order valence-electron chi connectivity index (χ0n) is 16.8. The van der Waals surface area contributed by atoms with Crippen LogP contribution >= 0.6 is 0 Å². The molecule has 0 heterocycles. The largest absolute Gasteiger partial charge is 0.489 e. The van der Waals surface area contributed by atoms with Crippen LogP contribution in [0.1, 0.15) is 33.3 Å². The van der Waals surface area contributed by atoms with Crippen molar-refractivity contribution < 1.29 is 14.3 Å². The molecule has 0 saturated heterocycles. The first-order valence-corrected chi connectivity index (χ1v) is 9.20. The fourth-order valence-electron chi connectivity index (χ4n) is 2.55.